The number of benzene rings is 1. The zero-order valence-electron chi connectivity index (χ0n) is 13.2. The molecular formula is C20H21ClN2. The molecule has 5 rings (SSSR count). The molecule has 0 saturated heterocycles. The quantitative estimate of drug-likeness (QED) is 0.757. The number of rotatable bonds is 3. The van der Waals surface area contributed by atoms with Crippen LogP contribution in [-0.2, 0) is 6.42 Å². The predicted molar refractivity (Wildman–Crippen MR) is 89.4 cm³/mol. The highest BCUT2D eigenvalue weighted by molar-refractivity contribution is 6.24. The Morgan fingerprint density at radius 1 is 1.04 bits per heavy atom. The largest absolute Gasteiger partial charge is 0.197 e. The van der Waals surface area contributed by atoms with Gasteiger partial charge in [-0.05, 0) is 61.8 Å². The van der Waals surface area contributed by atoms with Gasteiger partial charge in [-0.15, -0.1) is 11.6 Å². The van der Waals surface area contributed by atoms with Gasteiger partial charge in [-0.25, -0.2) is 0 Å². The molecule has 4 aliphatic rings. The van der Waals surface area contributed by atoms with Crippen molar-refractivity contribution < 1.29 is 0 Å². The molecule has 0 radical (unpaired) electrons. The smallest absolute Gasteiger partial charge is 0.139 e. The van der Waals surface area contributed by atoms with Crippen LogP contribution in [-0.4, -0.2) is 4.87 Å². The van der Waals surface area contributed by atoms with Crippen LogP contribution < -0.4 is 0 Å². The van der Waals surface area contributed by atoms with Crippen molar-refractivity contribution in [3.8, 4) is 12.1 Å². The van der Waals surface area contributed by atoms with Gasteiger partial charge in [0.1, 0.15) is 5.92 Å². The van der Waals surface area contributed by atoms with Crippen LogP contribution in [0.1, 0.15) is 37.7 Å². The third-order valence-electron chi connectivity index (χ3n) is 6.78. The lowest BCUT2D eigenvalue weighted by atomic mass is 9.41. The molecule has 4 bridgehead atoms. The molecule has 1 aromatic rings. The van der Waals surface area contributed by atoms with E-state index in [2.05, 4.69) is 36.4 Å². The fourth-order valence-electron chi connectivity index (χ4n) is 6.12. The van der Waals surface area contributed by atoms with Crippen molar-refractivity contribution in [2.24, 2.45) is 29.1 Å². The number of hydrogen-bond donors (Lipinski definition) is 0. The molecule has 118 valence electrons. The first-order chi connectivity index (χ1) is 11.1. The lowest BCUT2D eigenvalue weighted by Crippen LogP contribution is -2.61. The minimum absolute atomic E-state index is 0.0633. The summed E-state index contributed by atoms with van der Waals surface area (Å²) in [6, 6.07) is 15.1. The van der Waals surface area contributed by atoms with E-state index >= 15 is 0 Å². The van der Waals surface area contributed by atoms with Gasteiger partial charge in [0.25, 0.3) is 0 Å². The van der Waals surface area contributed by atoms with Gasteiger partial charge in [0, 0.05) is 10.3 Å². The number of nitriles is 2. The summed E-state index contributed by atoms with van der Waals surface area (Å²) in [6.45, 7) is 0. The highest BCUT2D eigenvalue weighted by atomic mass is 35.5. The number of nitrogens with zero attached hydrogens (tertiary/aromatic N) is 2. The van der Waals surface area contributed by atoms with Gasteiger partial charge in [0.05, 0.1) is 12.1 Å². The van der Waals surface area contributed by atoms with E-state index in [-0.39, 0.29) is 10.3 Å². The average molecular weight is 325 g/mol. The lowest BCUT2D eigenvalue weighted by Gasteiger charge is -2.64. The second kappa shape index (κ2) is 5.25. The van der Waals surface area contributed by atoms with Crippen LogP contribution in [0, 0.1) is 51.7 Å². The van der Waals surface area contributed by atoms with Gasteiger partial charge in [0.2, 0.25) is 0 Å². The Kier molecular flexibility index (Phi) is 3.44. The third kappa shape index (κ3) is 2.20. The summed E-state index contributed by atoms with van der Waals surface area (Å²) in [5, 5.41) is 19.4. The molecule has 2 nitrogen and oxygen atoms in total. The van der Waals surface area contributed by atoms with Crippen LogP contribution in [0.4, 0.5) is 0 Å². The first kappa shape index (κ1) is 15.0. The summed E-state index contributed by atoms with van der Waals surface area (Å²) in [5.74, 6) is 0.997. The fraction of sp³-hybridized carbons (Fsp3) is 0.600. The minimum Gasteiger partial charge on any atom is -0.197 e. The van der Waals surface area contributed by atoms with E-state index in [9.17, 15) is 10.5 Å². The van der Waals surface area contributed by atoms with Gasteiger partial charge >= 0.3 is 0 Å². The molecule has 0 N–H and O–H groups in total. The topological polar surface area (TPSA) is 47.6 Å². The van der Waals surface area contributed by atoms with Crippen LogP contribution >= 0.6 is 11.6 Å². The molecule has 0 spiro atoms. The predicted octanol–water partition coefficient (Wildman–Crippen LogP) is 4.70. The lowest BCUT2D eigenvalue weighted by molar-refractivity contribution is -0.111. The SMILES string of the molecule is N#CC(C#N)C1(Cc2ccccc2)[C@@H]2CC3C[C@H]1CC(Cl)(C3)C2. The van der Waals surface area contributed by atoms with Crippen LogP contribution in [0.15, 0.2) is 30.3 Å². The van der Waals surface area contributed by atoms with Crippen molar-refractivity contribution in [1.82, 2.24) is 0 Å². The molecule has 23 heavy (non-hydrogen) atoms. The fourth-order valence-corrected chi connectivity index (χ4v) is 6.71. The summed E-state index contributed by atoms with van der Waals surface area (Å²) in [4.78, 5) is -0.0633. The average Bonchev–Trinajstić information content (AvgIpc) is 2.52. The van der Waals surface area contributed by atoms with Crippen molar-refractivity contribution in [3.63, 3.8) is 0 Å². The molecule has 4 fully saturated rings. The van der Waals surface area contributed by atoms with Gasteiger partial charge in [0.15, 0.2) is 0 Å². The van der Waals surface area contributed by atoms with Crippen molar-refractivity contribution >= 4 is 11.6 Å². The Morgan fingerprint density at radius 2 is 1.65 bits per heavy atom. The second-order valence-corrected chi connectivity index (χ2v) is 8.76. The van der Waals surface area contributed by atoms with E-state index in [1.807, 2.05) is 6.07 Å². The summed E-state index contributed by atoms with van der Waals surface area (Å²) >= 11 is 6.89. The van der Waals surface area contributed by atoms with E-state index in [4.69, 9.17) is 11.6 Å². The summed E-state index contributed by atoms with van der Waals surface area (Å²) in [5.41, 5.74) is 1.04. The second-order valence-electron chi connectivity index (χ2n) is 7.96. The van der Waals surface area contributed by atoms with Gasteiger partial charge < -0.3 is 0 Å². The first-order valence-corrected chi connectivity index (χ1v) is 8.99. The molecule has 0 heterocycles. The highest BCUT2D eigenvalue weighted by Crippen LogP contribution is 2.68. The summed E-state index contributed by atoms with van der Waals surface area (Å²) in [7, 11) is 0. The van der Waals surface area contributed by atoms with Crippen molar-refractivity contribution in [1.29, 1.82) is 10.5 Å². The molecule has 0 amide bonds. The van der Waals surface area contributed by atoms with Gasteiger partial charge in [-0.3, -0.25) is 0 Å². The van der Waals surface area contributed by atoms with Crippen LogP contribution in [0.5, 0.6) is 0 Å². The molecule has 4 aliphatic carbocycles. The number of halogens is 1. The zero-order chi connectivity index (χ0) is 16.1. The van der Waals surface area contributed by atoms with Crippen LogP contribution in [0.25, 0.3) is 0 Å². The van der Waals surface area contributed by atoms with E-state index in [1.54, 1.807) is 0 Å². The molecule has 0 aromatic heterocycles. The van der Waals surface area contributed by atoms with Crippen LogP contribution in [0.2, 0.25) is 0 Å². The van der Waals surface area contributed by atoms with Gasteiger partial charge in [-0.1, -0.05) is 30.3 Å². The zero-order valence-corrected chi connectivity index (χ0v) is 14.0. The Labute approximate surface area is 143 Å². The number of hydrogen-bond acceptors (Lipinski definition) is 2. The maximum absolute atomic E-state index is 9.71. The Balaban J connectivity index is 1.78. The highest BCUT2D eigenvalue weighted by Gasteiger charge is 2.64. The van der Waals surface area contributed by atoms with Gasteiger partial charge in [-0.2, -0.15) is 10.5 Å². The molecule has 5 atom stereocenters. The Bertz CT molecular complexity index is 654. The molecule has 4 saturated carbocycles. The summed E-state index contributed by atoms with van der Waals surface area (Å²) < 4.78 is 0. The monoisotopic (exact) mass is 324 g/mol. The molecule has 3 heteroatoms. The van der Waals surface area contributed by atoms with Crippen LogP contribution in [0.3, 0.4) is 0 Å². The molecule has 0 aliphatic heterocycles. The third-order valence-corrected chi connectivity index (χ3v) is 7.25. The minimum atomic E-state index is -0.530. The van der Waals surface area contributed by atoms with E-state index in [1.165, 1.54) is 5.56 Å². The molecule has 1 aromatic carbocycles. The van der Waals surface area contributed by atoms with E-state index in [0.717, 1.165) is 38.5 Å². The molecular weight excluding hydrogens is 304 g/mol. The van der Waals surface area contributed by atoms with E-state index in [0.29, 0.717) is 17.8 Å². The Hall–Kier alpha value is -1.51. The maximum atomic E-state index is 9.71. The standard InChI is InChI=1S/C20H21ClN2/c21-19-8-15-6-16(10-19)20(17(7-15)11-19,18(12-22)13-23)9-14-4-2-1-3-5-14/h1-5,15-18H,6-11H2/t15?,16-,17+,19?,20?. The van der Waals surface area contributed by atoms with Crippen molar-refractivity contribution in [3.05, 3.63) is 35.9 Å². The maximum Gasteiger partial charge on any atom is 0.139 e. The summed E-state index contributed by atoms with van der Waals surface area (Å²) in [6.07, 6.45) is 6.24. The first-order valence-electron chi connectivity index (χ1n) is 8.62. The molecule has 3 unspecified atom stereocenters. The van der Waals surface area contributed by atoms with E-state index < -0.39 is 5.92 Å². The van der Waals surface area contributed by atoms with Crippen molar-refractivity contribution in [2.45, 2.75) is 43.4 Å². The Morgan fingerprint density at radius 3 is 2.17 bits per heavy atom. The normalized spacial score (nSPS) is 40.8. The van der Waals surface area contributed by atoms with Crippen molar-refractivity contribution in [2.75, 3.05) is 0 Å². The number of alkyl halides is 1.